The van der Waals surface area contributed by atoms with E-state index >= 15 is 0 Å². The van der Waals surface area contributed by atoms with Crippen molar-refractivity contribution in [2.75, 3.05) is 13.1 Å². The molecule has 28 heavy (non-hydrogen) atoms. The van der Waals surface area contributed by atoms with Crippen molar-refractivity contribution in [2.24, 2.45) is 0 Å². The van der Waals surface area contributed by atoms with Gasteiger partial charge in [-0.15, -0.1) is 0 Å². The molecule has 2 aromatic carbocycles. The van der Waals surface area contributed by atoms with Gasteiger partial charge in [0.05, 0.1) is 16.1 Å². The smallest absolute Gasteiger partial charge is 0.232 e. The number of hydrogen-bond donors (Lipinski definition) is 1. The van der Waals surface area contributed by atoms with Gasteiger partial charge in [-0.25, -0.2) is 4.39 Å². The number of benzene rings is 2. The number of likely N-dealkylation sites (tertiary alicyclic amines) is 1. The molecule has 0 spiro atoms. The average molecular weight is 402 g/mol. The number of fused-ring (bicyclic) bond motifs is 1. The molecule has 6 heteroatoms. The minimum atomic E-state index is -0.527. The van der Waals surface area contributed by atoms with Gasteiger partial charge in [0.1, 0.15) is 17.3 Å². The van der Waals surface area contributed by atoms with Crippen molar-refractivity contribution in [3.05, 3.63) is 63.1 Å². The highest BCUT2D eigenvalue weighted by atomic mass is 35.5. The first-order valence-corrected chi connectivity index (χ1v) is 9.79. The molecule has 146 valence electrons. The lowest BCUT2D eigenvalue weighted by Gasteiger charge is -2.27. The molecule has 4 nitrogen and oxygen atoms in total. The Morgan fingerprint density at radius 3 is 2.75 bits per heavy atom. The Balaban J connectivity index is 1.74. The highest BCUT2D eigenvalue weighted by Gasteiger charge is 2.34. The normalized spacial score (nSPS) is 18.4. The van der Waals surface area contributed by atoms with E-state index in [0.717, 1.165) is 25.9 Å². The third-order valence-electron chi connectivity index (χ3n) is 5.33. The predicted molar refractivity (Wildman–Crippen MR) is 106 cm³/mol. The number of carbonyl (C=O) groups is 1. The Hall–Kier alpha value is -2.37. The van der Waals surface area contributed by atoms with Crippen LogP contribution in [-0.2, 0) is 6.54 Å². The summed E-state index contributed by atoms with van der Waals surface area (Å²) in [4.78, 5) is 15.2. The van der Waals surface area contributed by atoms with Crippen LogP contribution in [0.15, 0.2) is 30.0 Å². The molecule has 0 aromatic heterocycles. The number of nitrogens with zero attached hydrogens (tertiary/aromatic N) is 1. The second-order valence-electron chi connectivity index (χ2n) is 7.31. The maximum Gasteiger partial charge on any atom is 0.232 e. The van der Waals surface area contributed by atoms with E-state index in [-0.39, 0.29) is 27.9 Å². The molecule has 0 unspecified atom stereocenters. The molecule has 2 aromatic rings. The number of Topliss-reactive ketones (excluding diaryl/α,β-unsaturated/α-hetero) is 1. The Morgan fingerprint density at radius 2 is 2.04 bits per heavy atom. The van der Waals surface area contributed by atoms with Crippen molar-refractivity contribution in [1.29, 1.82) is 0 Å². The molecule has 0 amide bonds. The van der Waals surface area contributed by atoms with Crippen LogP contribution in [0.4, 0.5) is 4.39 Å². The monoisotopic (exact) mass is 401 g/mol. The molecule has 1 N–H and O–H groups in total. The van der Waals surface area contributed by atoms with Crippen LogP contribution in [0, 0.1) is 12.7 Å². The number of ether oxygens (including phenoxy) is 1. The first kappa shape index (κ1) is 19.0. The minimum absolute atomic E-state index is 0.00981. The van der Waals surface area contributed by atoms with Gasteiger partial charge < -0.3 is 9.84 Å². The third-order valence-corrected chi connectivity index (χ3v) is 5.66. The third kappa shape index (κ3) is 3.40. The molecular weight excluding hydrogens is 381 g/mol. The molecule has 2 heterocycles. The number of phenols is 1. The largest absolute Gasteiger partial charge is 0.507 e. The topological polar surface area (TPSA) is 49.8 Å². The summed E-state index contributed by atoms with van der Waals surface area (Å²) >= 11 is 6.09. The van der Waals surface area contributed by atoms with Crippen LogP contribution in [0.2, 0.25) is 5.02 Å². The fourth-order valence-electron chi connectivity index (χ4n) is 3.85. The highest BCUT2D eigenvalue weighted by Crippen LogP contribution is 2.42. The number of halogens is 2. The summed E-state index contributed by atoms with van der Waals surface area (Å²) in [6.07, 6.45) is 4.78. The minimum Gasteiger partial charge on any atom is -0.507 e. The van der Waals surface area contributed by atoms with Gasteiger partial charge in [0.2, 0.25) is 5.78 Å². The molecule has 0 bridgehead atoms. The van der Waals surface area contributed by atoms with Crippen LogP contribution >= 0.6 is 11.6 Å². The van der Waals surface area contributed by atoms with E-state index in [1.807, 2.05) is 0 Å². The van der Waals surface area contributed by atoms with Crippen molar-refractivity contribution < 1.29 is 19.0 Å². The number of phenolic OH excluding ortho intramolecular Hbond substituents is 1. The molecule has 0 aliphatic carbocycles. The lowest BCUT2D eigenvalue weighted by atomic mass is 9.98. The molecule has 0 radical (unpaired) electrons. The Kier molecular flexibility index (Phi) is 5.13. The van der Waals surface area contributed by atoms with Crippen LogP contribution in [0.1, 0.15) is 46.3 Å². The number of piperidine rings is 1. The Labute approximate surface area is 168 Å². The van der Waals surface area contributed by atoms with Crippen molar-refractivity contribution in [3.8, 4) is 11.5 Å². The average Bonchev–Trinajstić information content (AvgIpc) is 2.99. The van der Waals surface area contributed by atoms with Crippen LogP contribution in [0.5, 0.6) is 11.5 Å². The first-order chi connectivity index (χ1) is 13.5. The van der Waals surface area contributed by atoms with E-state index in [1.165, 1.54) is 24.6 Å². The summed E-state index contributed by atoms with van der Waals surface area (Å²) in [5.41, 5.74) is 1.75. The maximum atomic E-state index is 14.1. The van der Waals surface area contributed by atoms with Crippen LogP contribution in [-0.4, -0.2) is 28.9 Å². The second-order valence-corrected chi connectivity index (χ2v) is 7.71. The van der Waals surface area contributed by atoms with E-state index < -0.39 is 5.82 Å². The zero-order chi connectivity index (χ0) is 19.8. The van der Waals surface area contributed by atoms with Crippen LogP contribution in [0.25, 0.3) is 6.08 Å². The molecule has 2 aliphatic rings. The number of rotatable bonds is 3. The van der Waals surface area contributed by atoms with Crippen molar-refractivity contribution >= 4 is 23.5 Å². The number of hydrogen-bond acceptors (Lipinski definition) is 4. The highest BCUT2D eigenvalue weighted by molar-refractivity contribution is 6.32. The summed E-state index contributed by atoms with van der Waals surface area (Å²) in [6, 6.07) is 5.94. The van der Waals surface area contributed by atoms with Gasteiger partial charge in [0.25, 0.3) is 0 Å². The molecular formula is C22H21ClFNO3. The number of ketones is 1. The standard InChI is InChI=1S/C22H21ClFNO3/c1-13-10-18(26)15(12-25-8-3-2-4-9-25)22-20(13)21(27)19(28-22)11-14-16(23)6-5-7-17(14)24/h5-7,10-11,26H,2-4,8-9,12H2,1H3/b19-11-. The first-order valence-electron chi connectivity index (χ1n) is 9.41. The Morgan fingerprint density at radius 1 is 1.29 bits per heavy atom. The molecule has 0 atom stereocenters. The van der Waals surface area contributed by atoms with Gasteiger partial charge >= 0.3 is 0 Å². The summed E-state index contributed by atoms with van der Waals surface area (Å²) in [7, 11) is 0. The van der Waals surface area contributed by atoms with E-state index in [4.69, 9.17) is 16.3 Å². The zero-order valence-electron chi connectivity index (χ0n) is 15.6. The molecule has 1 fully saturated rings. The van der Waals surface area contributed by atoms with E-state index in [2.05, 4.69) is 4.90 Å². The summed E-state index contributed by atoms with van der Waals surface area (Å²) in [6.45, 7) is 4.16. The van der Waals surface area contributed by atoms with Gasteiger partial charge in [-0.3, -0.25) is 9.69 Å². The lowest BCUT2D eigenvalue weighted by Crippen LogP contribution is -2.29. The number of aromatic hydroxyl groups is 1. The molecule has 4 rings (SSSR count). The number of carbonyl (C=O) groups excluding carboxylic acids is 1. The lowest BCUT2D eigenvalue weighted by molar-refractivity contribution is 0.101. The SMILES string of the molecule is Cc1cc(O)c(CN2CCCCC2)c2c1C(=O)/C(=C/c1c(F)cccc1Cl)O2. The van der Waals surface area contributed by atoms with E-state index in [0.29, 0.717) is 29.0 Å². The zero-order valence-corrected chi connectivity index (χ0v) is 16.4. The Bertz CT molecular complexity index is 960. The second kappa shape index (κ2) is 7.57. The van der Waals surface area contributed by atoms with E-state index in [1.54, 1.807) is 19.1 Å². The van der Waals surface area contributed by atoms with Crippen LogP contribution in [0.3, 0.4) is 0 Å². The number of aryl methyl sites for hydroxylation is 1. The van der Waals surface area contributed by atoms with E-state index in [9.17, 15) is 14.3 Å². The van der Waals surface area contributed by atoms with Crippen LogP contribution < -0.4 is 4.74 Å². The molecule has 1 saturated heterocycles. The van der Waals surface area contributed by atoms with Crippen molar-refractivity contribution in [3.63, 3.8) is 0 Å². The molecule has 2 aliphatic heterocycles. The summed E-state index contributed by atoms with van der Waals surface area (Å²) < 4.78 is 20.0. The fourth-order valence-corrected chi connectivity index (χ4v) is 4.07. The van der Waals surface area contributed by atoms with Crippen molar-refractivity contribution in [2.45, 2.75) is 32.7 Å². The fraction of sp³-hybridized carbons (Fsp3) is 0.318. The predicted octanol–water partition coefficient (Wildman–Crippen LogP) is 5.10. The van der Waals surface area contributed by atoms with Gasteiger partial charge in [-0.05, 0) is 62.7 Å². The van der Waals surface area contributed by atoms with Gasteiger partial charge in [0.15, 0.2) is 5.76 Å². The van der Waals surface area contributed by atoms with Gasteiger partial charge in [-0.1, -0.05) is 24.1 Å². The van der Waals surface area contributed by atoms with Gasteiger partial charge in [0, 0.05) is 12.1 Å². The maximum absolute atomic E-state index is 14.1. The molecule has 0 saturated carbocycles. The van der Waals surface area contributed by atoms with Crippen molar-refractivity contribution in [1.82, 2.24) is 4.90 Å². The summed E-state index contributed by atoms with van der Waals surface area (Å²) in [5.74, 6) is -0.366. The summed E-state index contributed by atoms with van der Waals surface area (Å²) in [5, 5.41) is 10.7. The van der Waals surface area contributed by atoms with Gasteiger partial charge in [-0.2, -0.15) is 0 Å². The quantitative estimate of drug-likeness (QED) is 0.727. The number of allylic oxidation sites excluding steroid dienone is 1.